The van der Waals surface area contributed by atoms with Gasteiger partial charge in [0, 0.05) is 19.5 Å². The number of amides is 1. The molecule has 0 radical (unpaired) electrons. The summed E-state index contributed by atoms with van der Waals surface area (Å²) in [6.45, 7) is 6.34. The lowest BCUT2D eigenvalue weighted by atomic mass is 10.1. The Morgan fingerprint density at radius 1 is 0.808 bits per heavy atom. The zero-order chi connectivity index (χ0) is 19.5. The molecule has 0 saturated heterocycles. The Hall–Kier alpha value is -1.10. The maximum Gasteiger partial charge on any atom is 0.317 e. The minimum atomic E-state index is -0.799. The second kappa shape index (κ2) is 18.7. The third-order valence-electron chi connectivity index (χ3n) is 4.79. The topological polar surface area (TPSA) is 69.6 Å². The monoisotopic (exact) mass is 370 g/mol. The van der Waals surface area contributed by atoms with Gasteiger partial charge in [-0.1, -0.05) is 78.1 Å². The van der Waals surface area contributed by atoms with Crippen LogP contribution in [0.1, 0.15) is 97.3 Å². The molecule has 154 valence electrons. The molecule has 0 unspecified atom stereocenters. The predicted octanol–water partition coefficient (Wildman–Crippen LogP) is 4.60. The van der Waals surface area contributed by atoms with Crippen LogP contribution in [0.5, 0.6) is 0 Å². The summed E-state index contributed by atoms with van der Waals surface area (Å²) in [4.78, 5) is 24.3. The van der Waals surface area contributed by atoms with Crippen molar-refractivity contribution in [3.63, 3.8) is 0 Å². The first-order chi connectivity index (χ1) is 12.6. The highest BCUT2D eigenvalue weighted by Crippen LogP contribution is 2.11. The van der Waals surface area contributed by atoms with E-state index in [0.717, 1.165) is 25.8 Å². The van der Waals surface area contributed by atoms with Crippen LogP contribution in [0.15, 0.2) is 0 Å². The van der Waals surface area contributed by atoms with Crippen LogP contribution in [0, 0.1) is 0 Å². The largest absolute Gasteiger partial charge is 0.480 e. The van der Waals surface area contributed by atoms with Gasteiger partial charge in [0.15, 0.2) is 0 Å². The van der Waals surface area contributed by atoms with Crippen LogP contribution in [0.4, 0.5) is 0 Å². The quantitative estimate of drug-likeness (QED) is 0.326. The summed E-state index contributed by atoms with van der Waals surface area (Å²) in [5.74, 6) is -0.672. The molecule has 0 fully saturated rings. The summed E-state index contributed by atoms with van der Waals surface area (Å²) < 4.78 is 0. The van der Waals surface area contributed by atoms with Crippen LogP contribution in [0.25, 0.3) is 0 Å². The summed E-state index contributed by atoms with van der Waals surface area (Å²) in [7, 11) is 0. The van der Waals surface area contributed by atoms with Gasteiger partial charge in [-0.2, -0.15) is 0 Å². The number of nitrogens with one attached hydrogen (secondary N) is 1. The average Bonchev–Trinajstić information content (AvgIpc) is 2.61. The zero-order valence-electron chi connectivity index (χ0n) is 17.2. The van der Waals surface area contributed by atoms with Gasteiger partial charge in [-0.3, -0.25) is 14.5 Å². The number of likely N-dealkylation sites (N-methyl/N-ethyl adjacent to an activating group) is 1. The molecular weight excluding hydrogens is 328 g/mol. The van der Waals surface area contributed by atoms with Crippen LogP contribution >= 0.6 is 0 Å². The molecule has 0 rings (SSSR count). The molecule has 2 N–H and O–H groups in total. The Balaban J connectivity index is 3.35. The van der Waals surface area contributed by atoms with Gasteiger partial charge in [-0.05, 0) is 19.4 Å². The summed E-state index contributed by atoms with van der Waals surface area (Å²) in [5.41, 5.74) is 0. The molecule has 1 amide bonds. The SMILES string of the molecule is CCCCCCCCCCCCCC(=O)NCCCN(CC)CC(=O)O. The molecular formula is C21H42N2O3. The van der Waals surface area contributed by atoms with E-state index in [-0.39, 0.29) is 12.5 Å². The number of carbonyl (C=O) groups is 2. The molecule has 0 aliphatic rings. The molecule has 0 heterocycles. The Morgan fingerprint density at radius 2 is 1.35 bits per heavy atom. The van der Waals surface area contributed by atoms with Crippen molar-refractivity contribution in [2.45, 2.75) is 97.3 Å². The van der Waals surface area contributed by atoms with Gasteiger partial charge in [0.1, 0.15) is 0 Å². The fourth-order valence-corrected chi connectivity index (χ4v) is 3.11. The van der Waals surface area contributed by atoms with Gasteiger partial charge >= 0.3 is 5.97 Å². The van der Waals surface area contributed by atoms with Crippen molar-refractivity contribution in [1.82, 2.24) is 10.2 Å². The average molecular weight is 371 g/mol. The van der Waals surface area contributed by atoms with E-state index in [1.807, 2.05) is 11.8 Å². The summed E-state index contributed by atoms with van der Waals surface area (Å²) in [5, 5.41) is 11.7. The molecule has 0 aromatic carbocycles. The molecule has 0 saturated carbocycles. The van der Waals surface area contributed by atoms with Crippen LogP contribution in [-0.2, 0) is 9.59 Å². The zero-order valence-corrected chi connectivity index (χ0v) is 17.2. The number of aliphatic carboxylic acids is 1. The van der Waals surface area contributed by atoms with Gasteiger partial charge in [-0.15, -0.1) is 0 Å². The van der Waals surface area contributed by atoms with E-state index >= 15 is 0 Å². The van der Waals surface area contributed by atoms with Gasteiger partial charge in [-0.25, -0.2) is 0 Å². The van der Waals surface area contributed by atoms with E-state index < -0.39 is 5.97 Å². The molecule has 5 nitrogen and oxygen atoms in total. The Morgan fingerprint density at radius 3 is 1.85 bits per heavy atom. The minimum Gasteiger partial charge on any atom is -0.480 e. The number of carboxylic acids is 1. The van der Waals surface area contributed by atoms with Crippen molar-refractivity contribution in [3.05, 3.63) is 0 Å². The van der Waals surface area contributed by atoms with E-state index in [1.54, 1.807) is 0 Å². The molecule has 5 heteroatoms. The molecule has 0 aliphatic carbocycles. The fourth-order valence-electron chi connectivity index (χ4n) is 3.11. The number of nitrogens with zero attached hydrogens (tertiary/aromatic N) is 1. The first kappa shape index (κ1) is 24.9. The standard InChI is InChI=1S/C21H42N2O3/c1-3-5-6-7-8-9-10-11-12-13-14-16-20(24)22-17-15-18-23(4-2)19-21(25)26/h3-19H2,1-2H3,(H,22,24)(H,25,26). The lowest BCUT2D eigenvalue weighted by Crippen LogP contribution is -2.33. The molecule has 0 aliphatic heterocycles. The Labute approximate surface area is 160 Å². The van der Waals surface area contributed by atoms with Crippen molar-refractivity contribution in [2.75, 3.05) is 26.2 Å². The van der Waals surface area contributed by atoms with E-state index in [9.17, 15) is 9.59 Å². The molecule has 0 aromatic heterocycles. The number of unbranched alkanes of at least 4 members (excludes halogenated alkanes) is 10. The van der Waals surface area contributed by atoms with Crippen LogP contribution in [-0.4, -0.2) is 48.1 Å². The predicted molar refractivity (Wildman–Crippen MR) is 108 cm³/mol. The smallest absolute Gasteiger partial charge is 0.317 e. The van der Waals surface area contributed by atoms with E-state index in [2.05, 4.69) is 12.2 Å². The van der Waals surface area contributed by atoms with Crippen LogP contribution < -0.4 is 5.32 Å². The van der Waals surface area contributed by atoms with Gasteiger partial charge in [0.25, 0.3) is 0 Å². The molecule has 0 aromatic rings. The van der Waals surface area contributed by atoms with Gasteiger partial charge < -0.3 is 10.4 Å². The molecule has 0 spiro atoms. The molecule has 0 bridgehead atoms. The number of carbonyl (C=O) groups excluding carboxylic acids is 1. The third kappa shape index (κ3) is 17.7. The van der Waals surface area contributed by atoms with E-state index in [0.29, 0.717) is 19.5 Å². The third-order valence-corrected chi connectivity index (χ3v) is 4.79. The number of rotatable bonds is 19. The molecule has 26 heavy (non-hydrogen) atoms. The highest BCUT2D eigenvalue weighted by atomic mass is 16.4. The van der Waals surface area contributed by atoms with E-state index in [1.165, 1.54) is 57.8 Å². The molecule has 0 atom stereocenters. The van der Waals surface area contributed by atoms with Gasteiger partial charge in [0.05, 0.1) is 6.54 Å². The van der Waals surface area contributed by atoms with Crippen molar-refractivity contribution in [3.8, 4) is 0 Å². The second-order valence-corrected chi connectivity index (χ2v) is 7.25. The fraction of sp³-hybridized carbons (Fsp3) is 0.905. The highest BCUT2D eigenvalue weighted by Gasteiger charge is 2.07. The van der Waals surface area contributed by atoms with Crippen molar-refractivity contribution < 1.29 is 14.7 Å². The van der Waals surface area contributed by atoms with Crippen molar-refractivity contribution >= 4 is 11.9 Å². The maximum absolute atomic E-state index is 11.8. The van der Waals surface area contributed by atoms with Crippen molar-refractivity contribution in [2.24, 2.45) is 0 Å². The second-order valence-electron chi connectivity index (χ2n) is 7.25. The lowest BCUT2D eigenvalue weighted by molar-refractivity contribution is -0.138. The summed E-state index contributed by atoms with van der Waals surface area (Å²) in [6.07, 6.45) is 15.6. The normalized spacial score (nSPS) is 11.0. The maximum atomic E-state index is 11.8. The minimum absolute atomic E-state index is 0.0726. The van der Waals surface area contributed by atoms with Crippen LogP contribution in [0.2, 0.25) is 0 Å². The van der Waals surface area contributed by atoms with Crippen LogP contribution in [0.3, 0.4) is 0 Å². The number of carboxylic acid groups (broad SMARTS) is 1. The lowest BCUT2D eigenvalue weighted by Gasteiger charge is -2.17. The van der Waals surface area contributed by atoms with Crippen molar-refractivity contribution in [1.29, 1.82) is 0 Å². The Kier molecular flexibility index (Phi) is 17.9. The highest BCUT2D eigenvalue weighted by molar-refractivity contribution is 5.75. The summed E-state index contributed by atoms with van der Waals surface area (Å²) >= 11 is 0. The first-order valence-corrected chi connectivity index (χ1v) is 10.8. The van der Waals surface area contributed by atoms with Gasteiger partial charge in [0.2, 0.25) is 5.91 Å². The number of hydrogen-bond donors (Lipinski definition) is 2. The number of hydrogen-bond acceptors (Lipinski definition) is 3. The first-order valence-electron chi connectivity index (χ1n) is 10.8. The van der Waals surface area contributed by atoms with E-state index in [4.69, 9.17) is 5.11 Å². The Bertz CT molecular complexity index is 348. The summed E-state index contributed by atoms with van der Waals surface area (Å²) in [6, 6.07) is 0.